The van der Waals surface area contributed by atoms with Gasteiger partial charge in [0.25, 0.3) is 0 Å². The summed E-state index contributed by atoms with van der Waals surface area (Å²) in [6.07, 6.45) is 20.6. The summed E-state index contributed by atoms with van der Waals surface area (Å²) in [4.78, 5) is 1.31. The van der Waals surface area contributed by atoms with E-state index in [1.165, 1.54) is 16.9 Å². The second kappa shape index (κ2) is 15.6. The van der Waals surface area contributed by atoms with Gasteiger partial charge in [-0.2, -0.15) is 0 Å². The number of unbranched alkanes of at least 4 members (excludes halogenated alkanes) is 1. The molecule has 2 atom stereocenters. The minimum Gasteiger partial charge on any atom is -0.404 e. The molecule has 1 aliphatic rings. The topological polar surface area (TPSA) is 35.2 Å². The van der Waals surface area contributed by atoms with Crippen LogP contribution in [0.3, 0.4) is 0 Å². The molecule has 0 saturated carbocycles. The first-order valence-corrected chi connectivity index (χ1v) is 12.3. The molecule has 1 aliphatic carbocycles. The van der Waals surface area contributed by atoms with Crippen molar-refractivity contribution < 1.29 is 4.74 Å². The number of rotatable bonds is 14. The van der Waals surface area contributed by atoms with Crippen LogP contribution < -0.4 is 5.73 Å². The van der Waals surface area contributed by atoms with Crippen LogP contribution in [0.25, 0.3) is 0 Å². The van der Waals surface area contributed by atoms with Crippen LogP contribution in [0.15, 0.2) is 58.7 Å². The van der Waals surface area contributed by atoms with Crippen molar-refractivity contribution in [1.82, 2.24) is 0 Å². The molecule has 3 heteroatoms. The normalized spacial score (nSPS) is 19.2. The molecule has 1 rings (SSSR count). The van der Waals surface area contributed by atoms with Gasteiger partial charge in [0.05, 0.1) is 6.61 Å². The van der Waals surface area contributed by atoms with Gasteiger partial charge in [-0.15, -0.1) is 11.8 Å². The summed E-state index contributed by atoms with van der Waals surface area (Å²) in [5, 5.41) is 0. The lowest BCUT2D eigenvalue weighted by Crippen LogP contribution is -2.05. The maximum absolute atomic E-state index is 5.85. The summed E-state index contributed by atoms with van der Waals surface area (Å²) < 4.78 is 5.76. The van der Waals surface area contributed by atoms with Gasteiger partial charge >= 0.3 is 0 Å². The van der Waals surface area contributed by atoms with Gasteiger partial charge in [-0.05, 0) is 62.4 Å². The van der Waals surface area contributed by atoms with Crippen molar-refractivity contribution in [3.05, 3.63) is 58.7 Å². The largest absolute Gasteiger partial charge is 0.404 e. The molecule has 0 aromatic rings. The van der Waals surface area contributed by atoms with Crippen LogP contribution in [-0.2, 0) is 4.74 Å². The van der Waals surface area contributed by atoms with Crippen molar-refractivity contribution in [2.24, 2.45) is 23.5 Å². The minimum atomic E-state index is 0.618. The Kier molecular flexibility index (Phi) is 13.9. The third kappa shape index (κ3) is 11.5. The summed E-state index contributed by atoms with van der Waals surface area (Å²) >= 11 is 1.93. The Morgan fingerprint density at radius 1 is 1.31 bits per heavy atom. The van der Waals surface area contributed by atoms with E-state index in [9.17, 15) is 0 Å². The van der Waals surface area contributed by atoms with Gasteiger partial charge in [0.15, 0.2) is 0 Å². The third-order valence-electron chi connectivity index (χ3n) is 5.41. The van der Waals surface area contributed by atoms with Crippen molar-refractivity contribution in [1.29, 1.82) is 0 Å². The third-order valence-corrected chi connectivity index (χ3v) is 6.85. The highest BCUT2D eigenvalue weighted by molar-refractivity contribution is 8.03. The maximum Gasteiger partial charge on any atom is 0.0650 e. The first-order valence-electron chi connectivity index (χ1n) is 11.3. The van der Waals surface area contributed by atoms with Gasteiger partial charge in [-0.1, -0.05) is 69.7 Å². The fourth-order valence-corrected chi connectivity index (χ4v) is 4.42. The van der Waals surface area contributed by atoms with Crippen molar-refractivity contribution in [3.8, 4) is 0 Å². The monoisotopic (exact) mass is 417 g/mol. The van der Waals surface area contributed by atoms with Gasteiger partial charge in [0.2, 0.25) is 0 Å². The van der Waals surface area contributed by atoms with Crippen molar-refractivity contribution in [2.75, 3.05) is 19.0 Å². The van der Waals surface area contributed by atoms with Crippen LogP contribution in [0.1, 0.15) is 66.7 Å². The first-order chi connectivity index (χ1) is 14.0. The SMILES string of the molecule is C/C=C(\CC(C)CS/C(=C/N)CCCCOC/C=C/C1=CC=CCC1C)C(C)C. The van der Waals surface area contributed by atoms with Gasteiger partial charge in [-0.25, -0.2) is 0 Å². The standard InChI is InChI=1S/C26H43NOS/c1-6-24(21(2)3)18-22(4)20-29-26(19-27)15-9-10-16-28-17-11-14-25-13-8-7-12-23(25)5/h6-8,11,13-14,19,21-23H,9-10,12,15-18,20,27H2,1-5H3/b14-11+,24-6+,26-19+. The smallest absolute Gasteiger partial charge is 0.0650 e. The highest BCUT2D eigenvalue weighted by Gasteiger charge is 2.10. The van der Waals surface area contributed by atoms with Crippen molar-refractivity contribution in [2.45, 2.75) is 66.7 Å². The molecule has 0 aromatic heterocycles. The van der Waals surface area contributed by atoms with Crippen molar-refractivity contribution in [3.63, 3.8) is 0 Å². The number of hydrogen-bond acceptors (Lipinski definition) is 3. The molecule has 164 valence electrons. The zero-order valence-corrected chi connectivity index (χ0v) is 20.1. The Labute approximate surface area is 184 Å². The molecular weight excluding hydrogens is 374 g/mol. The molecule has 0 spiro atoms. The van der Waals surface area contributed by atoms with Gasteiger partial charge in [-0.3, -0.25) is 0 Å². The molecule has 0 aromatic carbocycles. The summed E-state index contributed by atoms with van der Waals surface area (Å²) in [5.74, 6) is 3.08. The number of thioether (sulfide) groups is 1. The number of nitrogens with two attached hydrogens (primary N) is 1. The lowest BCUT2D eigenvalue weighted by atomic mass is 9.93. The number of hydrogen-bond donors (Lipinski definition) is 1. The minimum absolute atomic E-state index is 0.618. The Bertz CT molecular complexity index is 598. The van der Waals surface area contributed by atoms with Crippen molar-refractivity contribution >= 4 is 11.8 Å². The van der Waals surface area contributed by atoms with E-state index in [2.05, 4.69) is 71.1 Å². The maximum atomic E-state index is 5.85. The van der Waals surface area contributed by atoms with E-state index in [1.807, 2.05) is 11.8 Å². The molecule has 0 amide bonds. The zero-order chi connectivity index (χ0) is 21.5. The molecule has 0 radical (unpaired) electrons. The highest BCUT2D eigenvalue weighted by atomic mass is 32.2. The first kappa shape index (κ1) is 25.8. The second-order valence-electron chi connectivity index (χ2n) is 8.44. The fourth-order valence-electron chi connectivity index (χ4n) is 3.42. The van der Waals surface area contributed by atoms with Crippen LogP contribution in [-0.4, -0.2) is 19.0 Å². The van der Waals surface area contributed by atoms with Crippen LogP contribution >= 0.6 is 11.8 Å². The molecule has 29 heavy (non-hydrogen) atoms. The number of allylic oxidation sites excluding steroid dienone is 8. The van der Waals surface area contributed by atoms with Gasteiger partial charge in [0.1, 0.15) is 0 Å². The summed E-state index contributed by atoms with van der Waals surface area (Å²) in [7, 11) is 0. The van der Waals surface area contributed by atoms with Crippen LogP contribution in [0.2, 0.25) is 0 Å². The molecule has 2 unspecified atom stereocenters. The highest BCUT2D eigenvalue weighted by Crippen LogP contribution is 2.27. The summed E-state index contributed by atoms with van der Waals surface area (Å²) in [6.45, 7) is 12.8. The van der Waals surface area contributed by atoms with Crippen LogP contribution in [0, 0.1) is 17.8 Å². The van der Waals surface area contributed by atoms with Gasteiger partial charge < -0.3 is 10.5 Å². The fraction of sp³-hybridized carbons (Fsp3) is 0.615. The lowest BCUT2D eigenvalue weighted by molar-refractivity contribution is 0.158. The average Bonchev–Trinajstić information content (AvgIpc) is 2.71. The van der Waals surface area contributed by atoms with E-state index in [4.69, 9.17) is 10.5 Å². The molecule has 0 bridgehead atoms. The Morgan fingerprint density at radius 3 is 2.76 bits per heavy atom. The summed E-state index contributed by atoms with van der Waals surface area (Å²) in [5.41, 5.74) is 8.81. The number of ether oxygens (including phenoxy) is 1. The lowest BCUT2D eigenvalue weighted by Gasteiger charge is -2.17. The Hall–Kier alpha value is -1.19. The Balaban J connectivity index is 2.13. The van der Waals surface area contributed by atoms with Crippen LogP contribution in [0.5, 0.6) is 0 Å². The summed E-state index contributed by atoms with van der Waals surface area (Å²) in [6, 6.07) is 0. The van der Waals surface area contributed by atoms with E-state index in [0.29, 0.717) is 24.4 Å². The molecule has 2 N–H and O–H groups in total. The molecule has 0 aliphatic heterocycles. The Morgan fingerprint density at radius 2 is 2.10 bits per heavy atom. The second-order valence-corrected chi connectivity index (χ2v) is 9.58. The van der Waals surface area contributed by atoms with E-state index >= 15 is 0 Å². The predicted octanol–water partition coefficient (Wildman–Crippen LogP) is 7.41. The molecule has 0 saturated heterocycles. The van der Waals surface area contributed by atoms with Gasteiger partial charge in [0, 0.05) is 23.5 Å². The van der Waals surface area contributed by atoms with Crippen LogP contribution in [0.4, 0.5) is 0 Å². The molecule has 2 nitrogen and oxygen atoms in total. The quantitative estimate of drug-likeness (QED) is 0.236. The van der Waals surface area contributed by atoms with E-state index in [0.717, 1.165) is 38.0 Å². The molecule has 0 heterocycles. The molecule has 0 fully saturated rings. The predicted molar refractivity (Wildman–Crippen MR) is 132 cm³/mol. The zero-order valence-electron chi connectivity index (χ0n) is 19.3. The van der Waals surface area contributed by atoms with E-state index in [-0.39, 0.29) is 0 Å². The average molecular weight is 418 g/mol. The van der Waals surface area contributed by atoms with E-state index in [1.54, 1.807) is 11.8 Å². The van der Waals surface area contributed by atoms with E-state index < -0.39 is 0 Å². The molecular formula is C26H43NOS.